The van der Waals surface area contributed by atoms with E-state index in [0.29, 0.717) is 29.5 Å². The minimum atomic E-state index is -3.29. The monoisotopic (exact) mass is 486 g/mol. The van der Waals surface area contributed by atoms with E-state index in [1.807, 2.05) is 38.1 Å². The molecule has 34 heavy (non-hydrogen) atoms. The number of carbonyl (C=O) groups excluding carboxylic acids is 1. The van der Waals surface area contributed by atoms with Crippen LogP contribution in [0.25, 0.3) is 0 Å². The van der Waals surface area contributed by atoms with Crippen LogP contribution in [0.2, 0.25) is 0 Å². The molecule has 0 saturated carbocycles. The molecular weight excluding hydrogens is 452 g/mol. The molecule has 0 unspecified atom stereocenters. The van der Waals surface area contributed by atoms with Crippen molar-refractivity contribution >= 4 is 27.2 Å². The highest BCUT2D eigenvalue weighted by molar-refractivity contribution is 7.91. The van der Waals surface area contributed by atoms with Gasteiger partial charge >= 0.3 is 5.97 Å². The van der Waals surface area contributed by atoms with Crippen molar-refractivity contribution in [3.63, 3.8) is 0 Å². The van der Waals surface area contributed by atoms with Gasteiger partial charge in [0.05, 0.1) is 35.2 Å². The maximum Gasteiger partial charge on any atom is 0.330 e. The Hall–Kier alpha value is -3.00. The van der Waals surface area contributed by atoms with Gasteiger partial charge in [-0.15, -0.1) is 0 Å². The number of sulfone groups is 1. The number of rotatable bonds is 15. The van der Waals surface area contributed by atoms with Crippen molar-refractivity contribution in [3.05, 3.63) is 61.2 Å². The van der Waals surface area contributed by atoms with E-state index in [-0.39, 0.29) is 17.6 Å². The molecule has 0 aliphatic rings. The summed E-state index contributed by atoms with van der Waals surface area (Å²) >= 11 is 0. The lowest BCUT2D eigenvalue weighted by atomic mass is 10.2. The van der Waals surface area contributed by atoms with E-state index in [4.69, 9.17) is 9.47 Å². The molecule has 2 aromatic carbocycles. The van der Waals surface area contributed by atoms with Gasteiger partial charge in [0, 0.05) is 6.08 Å². The molecule has 0 aliphatic heterocycles. The zero-order valence-electron chi connectivity index (χ0n) is 20.0. The fourth-order valence-electron chi connectivity index (χ4n) is 3.01. The van der Waals surface area contributed by atoms with Crippen molar-refractivity contribution in [2.45, 2.75) is 50.8 Å². The van der Waals surface area contributed by atoms with Gasteiger partial charge < -0.3 is 9.47 Å². The van der Waals surface area contributed by atoms with Crippen molar-refractivity contribution in [1.29, 1.82) is 0 Å². The molecule has 0 bridgehead atoms. The maximum atomic E-state index is 12.4. The number of carbonyl (C=O) groups is 1. The molecule has 0 amide bonds. The maximum absolute atomic E-state index is 12.4. The summed E-state index contributed by atoms with van der Waals surface area (Å²) < 4.78 is 35.5. The van der Waals surface area contributed by atoms with E-state index in [2.05, 4.69) is 16.8 Å². The number of nitrogens with zero attached hydrogens (tertiary/aromatic N) is 2. The summed E-state index contributed by atoms with van der Waals surface area (Å²) in [5, 5.41) is 8.39. The Balaban J connectivity index is 1.74. The predicted octanol–water partition coefficient (Wildman–Crippen LogP) is 6.59. The van der Waals surface area contributed by atoms with Crippen molar-refractivity contribution in [2.24, 2.45) is 16.1 Å². The molecule has 0 radical (unpaired) electrons. The van der Waals surface area contributed by atoms with Crippen molar-refractivity contribution in [3.8, 4) is 5.75 Å². The first-order valence-corrected chi connectivity index (χ1v) is 13.3. The molecule has 0 N–H and O–H groups in total. The van der Waals surface area contributed by atoms with Crippen LogP contribution >= 0.6 is 0 Å². The first-order valence-electron chi connectivity index (χ1n) is 11.6. The summed E-state index contributed by atoms with van der Waals surface area (Å²) in [5.74, 6) is 0.644. The molecule has 0 aromatic heterocycles. The predicted molar refractivity (Wildman–Crippen MR) is 134 cm³/mol. The van der Waals surface area contributed by atoms with E-state index < -0.39 is 9.84 Å². The fraction of sp³-hybridized carbons (Fsp3) is 0.423. The number of ether oxygens (including phenoxy) is 2. The highest BCUT2D eigenvalue weighted by Crippen LogP contribution is 2.23. The highest BCUT2D eigenvalue weighted by Gasteiger charge is 2.17. The number of azo groups is 1. The average molecular weight is 487 g/mol. The Kier molecular flexibility index (Phi) is 11.5. The summed E-state index contributed by atoms with van der Waals surface area (Å²) in [6.45, 7) is 8.31. The van der Waals surface area contributed by atoms with Crippen LogP contribution in [0.15, 0.2) is 76.3 Å². The van der Waals surface area contributed by atoms with Gasteiger partial charge in [0.25, 0.3) is 0 Å². The third kappa shape index (κ3) is 9.87. The third-order valence-electron chi connectivity index (χ3n) is 5.23. The topological polar surface area (TPSA) is 94.4 Å². The number of hydrogen-bond donors (Lipinski definition) is 0. The lowest BCUT2D eigenvalue weighted by Gasteiger charge is -2.09. The number of hydrogen-bond acceptors (Lipinski definition) is 7. The smallest absolute Gasteiger partial charge is 0.330 e. The molecule has 8 heteroatoms. The van der Waals surface area contributed by atoms with Gasteiger partial charge in [-0.3, -0.25) is 0 Å². The van der Waals surface area contributed by atoms with Gasteiger partial charge in [0.15, 0.2) is 9.84 Å². The lowest BCUT2D eigenvalue weighted by molar-refractivity contribution is -0.137. The summed E-state index contributed by atoms with van der Waals surface area (Å²) in [6, 6.07) is 13.8. The van der Waals surface area contributed by atoms with E-state index >= 15 is 0 Å². The number of unbranched alkanes of at least 4 members (excludes halogenated alkanes) is 3. The van der Waals surface area contributed by atoms with Crippen molar-refractivity contribution in [2.75, 3.05) is 19.0 Å². The first-order chi connectivity index (χ1) is 16.3. The molecule has 7 nitrogen and oxygen atoms in total. The molecule has 2 rings (SSSR count). The first kappa shape index (κ1) is 27.2. The second kappa shape index (κ2) is 14.3. The molecule has 0 heterocycles. The summed E-state index contributed by atoms with van der Waals surface area (Å²) in [5.41, 5.74) is 1.26. The molecule has 184 valence electrons. The van der Waals surface area contributed by atoms with Crippen LogP contribution in [-0.4, -0.2) is 33.4 Å². The molecule has 0 saturated heterocycles. The summed E-state index contributed by atoms with van der Waals surface area (Å²) in [4.78, 5) is 11.2. The highest BCUT2D eigenvalue weighted by atomic mass is 32.2. The summed E-state index contributed by atoms with van der Waals surface area (Å²) in [6.07, 6.45) is 5.71. The van der Waals surface area contributed by atoms with Crippen LogP contribution in [-0.2, 0) is 19.4 Å². The minimum absolute atomic E-state index is 0.122. The second-order valence-corrected chi connectivity index (χ2v) is 10.2. The van der Waals surface area contributed by atoms with Crippen LogP contribution in [0.3, 0.4) is 0 Å². The lowest BCUT2D eigenvalue weighted by Crippen LogP contribution is -2.13. The summed E-state index contributed by atoms with van der Waals surface area (Å²) in [7, 11) is -3.29. The zero-order valence-corrected chi connectivity index (χ0v) is 20.8. The van der Waals surface area contributed by atoms with E-state index in [1.54, 1.807) is 24.3 Å². The van der Waals surface area contributed by atoms with Crippen molar-refractivity contribution in [1.82, 2.24) is 0 Å². The van der Waals surface area contributed by atoms with Gasteiger partial charge in [-0.1, -0.05) is 26.8 Å². The normalized spacial score (nSPS) is 12.4. The quantitative estimate of drug-likeness (QED) is 0.122. The molecule has 1 atom stereocenters. The Labute approximate surface area is 202 Å². The minimum Gasteiger partial charge on any atom is -0.494 e. The van der Waals surface area contributed by atoms with Gasteiger partial charge in [-0.2, -0.15) is 10.2 Å². The molecule has 2 aromatic rings. The Bertz CT molecular complexity index is 1030. The van der Waals surface area contributed by atoms with Gasteiger partial charge in [0.1, 0.15) is 5.75 Å². The molecular formula is C26H34N2O5S. The Morgan fingerprint density at radius 2 is 1.50 bits per heavy atom. The fourth-order valence-corrected chi connectivity index (χ4v) is 4.74. The molecule has 0 fully saturated rings. The molecule has 0 spiro atoms. The Morgan fingerprint density at radius 1 is 0.941 bits per heavy atom. The van der Waals surface area contributed by atoms with Crippen LogP contribution in [0.5, 0.6) is 5.75 Å². The van der Waals surface area contributed by atoms with E-state index in [9.17, 15) is 13.2 Å². The van der Waals surface area contributed by atoms with Gasteiger partial charge in [-0.05, 0) is 80.1 Å². The zero-order chi connectivity index (χ0) is 24.8. The van der Waals surface area contributed by atoms with Crippen LogP contribution in [0.4, 0.5) is 11.4 Å². The molecule has 0 aliphatic carbocycles. The van der Waals surface area contributed by atoms with Crippen molar-refractivity contribution < 1.29 is 22.7 Å². The number of benzene rings is 2. The van der Waals surface area contributed by atoms with Gasteiger partial charge in [0.2, 0.25) is 0 Å². The third-order valence-corrected chi connectivity index (χ3v) is 7.23. The van der Waals surface area contributed by atoms with Crippen LogP contribution in [0, 0.1) is 5.92 Å². The van der Waals surface area contributed by atoms with Gasteiger partial charge in [-0.25, -0.2) is 13.2 Å². The number of esters is 1. The largest absolute Gasteiger partial charge is 0.494 e. The van der Waals surface area contributed by atoms with Crippen LogP contribution < -0.4 is 4.74 Å². The second-order valence-electron chi connectivity index (χ2n) is 8.12. The standard InChI is InChI=1S/C26H34N2O5S/c1-4-21(3)20-34(30,31)25-16-12-23(13-17-25)28-27-22-10-14-24(15-11-22)32-18-8-6-7-9-19-33-26(29)5-2/h5,10-17,21H,2,4,6-9,18-20H2,1,3H3/t21-/m1/s1. The Morgan fingerprint density at radius 3 is 2.06 bits per heavy atom. The SMILES string of the molecule is C=CC(=O)OCCCCCCOc1ccc(N=Nc2ccc(S(=O)(=O)C[C@H](C)CC)cc2)cc1. The van der Waals surface area contributed by atoms with Crippen LogP contribution in [0.1, 0.15) is 46.0 Å². The van der Waals surface area contributed by atoms with E-state index in [0.717, 1.165) is 37.9 Å². The van der Waals surface area contributed by atoms with E-state index in [1.165, 1.54) is 6.08 Å². The average Bonchev–Trinajstić information content (AvgIpc) is 2.84.